The Morgan fingerprint density at radius 3 is 2.10 bits per heavy atom. The number of amides is 4. The van der Waals surface area contributed by atoms with E-state index in [0.717, 1.165) is 18.4 Å². The second-order valence-electron chi connectivity index (χ2n) is 9.11. The molecule has 39 heavy (non-hydrogen) atoms. The Kier molecular flexibility index (Phi) is 10.6. The summed E-state index contributed by atoms with van der Waals surface area (Å²) in [6, 6.07) is 20.9. The maximum absolute atomic E-state index is 13.4. The quantitative estimate of drug-likeness (QED) is 0.266. The number of hydrogen-bond donors (Lipinski definition) is 4. The zero-order valence-electron chi connectivity index (χ0n) is 22.1. The van der Waals surface area contributed by atoms with Gasteiger partial charge in [0.1, 0.15) is 24.4 Å². The Morgan fingerprint density at radius 2 is 1.51 bits per heavy atom. The lowest BCUT2D eigenvalue weighted by atomic mass is 10.0. The maximum atomic E-state index is 13.4. The van der Waals surface area contributed by atoms with Crippen LogP contribution < -0.4 is 26.4 Å². The first-order valence-corrected chi connectivity index (χ1v) is 12.8. The second kappa shape index (κ2) is 14.3. The van der Waals surface area contributed by atoms with Crippen LogP contribution >= 0.6 is 0 Å². The van der Waals surface area contributed by atoms with Crippen LogP contribution in [0, 0.1) is 0 Å². The predicted molar refractivity (Wildman–Crippen MR) is 149 cm³/mol. The Hall–Kier alpha value is -4.66. The van der Waals surface area contributed by atoms with Gasteiger partial charge in [-0.15, -0.1) is 0 Å². The molecule has 9 nitrogen and oxygen atoms in total. The van der Waals surface area contributed by atoms with Gasteiger partial charge in [-0.2, -0.15) is 0 Å². The fourth-order valence-electron chi connectivity index (χ4n) is 3.90. The molecule has 0 unspecified atom stereocenters. The highest BCUT2D eigenvalue weighted by Gasteiger charge is 2.27. The molecule has 3 aromatic rings. The van der Waals surface area contributed by atoms with Gasteiger partial charge in [0.05, 0.1) is 0 Å². The van der Waals surface area contributed by atoms with Crippen molar-refractivity contribution >= 4 is 29.3 Å². The summed E-state index contributed by atoms with van der Waals surface area (Å²) in [5.41, 5.74) is 7.57. The third-order valence-electron chi connectivity index (χ3n) is 5.99. The van der Waals surface area contributed by atoms with Gasteiger partial charge in [0.15, 0.2) is 0 Å². The summed E-state index contributed by atoms with van der Waals surface area (Å²) in [4.78, 5) is 49.7. The summed E-state index contributed by atoms with van der Waals surface area (Å²) in [5.74, 6) is -1.27. The molecule has 0 saturated carbocycles. The van der Waals surface area contributed by atoms with Crippen molar-refractivity contribution in [1.29, 1.82) is 0 Å². The number of hydrogen-bond acceptors (Lipinski definition) is 5. The molecule has 0 aliphatic rings. The zero-order chi connectivity index (χ0) is 28.2. The molecule has 5 N–H and O–H groups in total. The molecule has 0 heterocycles. The normalized spacial score (nSPS) is 12.1. The number of nitrogens with two attached hydrogens (primary N) is 1. The summed E-state index contributed by atoms with van der Waals surface area (Å²) in [7, 11) is 0. The van der Waals surface area contributed by atoms with Gasteiger partial charge in [0, 0.05) is 18.2 Å². The summed E-state index contributed by atoms with van der Waals surface area (Å²) < 4.78 is 5.85. The molecule has 0 aliphatic heterocycles. The largest absolute Gasteiger partial charge is 0.489 e. The van der Waals surface area contributed by atoms with Crippen molar-refractivity contribution in [3.63, 3.8) is 0 Å². The summed E-state index contributed by atoms with van der Waals surface area (Å²) in [6.45, 7) is 3.72. The molecule has 0 bridgehead atoms. The second-order valence-corrected chi connectivity index (χ2v) is 9.11. The Bertz CT molecular complexity index is 1260. The van der Waals surface area contributed by atoms with Crippen LogP contribution in [0.1, 0.15) is 60.6 Å². The summed E-state index contributed by atoms with van der Waals surface area (Å²) in [5, 5.41) is 8.24. The van der Waals surface area contributed by atoms with E-state index in [2.05, 4.69) is 16.0 Å². The molecule has 0 radical (unpaired) electrons. The van der Waals surface area contributed by atoms with E-state index in [1.807, 2.05) is 37.3 Å². The topological polar surface area (TPSA) is 140 Å². The van der Waals surface area contributed by atoms with Crippen molar-refractivity contribution in [2.24, 2.45) is 5.73 Å². The molecule has 3 rings (SSSR count). The molecular formula is C30H34N4O5. The summed E-state index contributed by atoms with van der Waals surface area (Å²) in [6.07, 6.45) is 2.02. The van der Waals surface area contributed by atoms with Gasteiger partial charge in [-0.1, -0.05) is 62.2 Å². The highest BCUT2D eigenvalue weighted by molar-refractivity contribution is 5.99. The summed E-state index contributed by atoms with van der Waals surface area (Å²) >= 11 is 0. The fourth-order valence-corrected chi connectivity index (χ4v) is 3.90. The van der Waals surface area contributed by atoms with E-state index in [1.165, 1.54) is 19.1 Å². The standard InChI is InChI=1S/C30H34N4O5/c1-3-4-10-26(32-20(2)35)29(37)34-27(30(38)33-24-15-11-23(12-16-24)28(31)36)22-13-17-25(18-14-22)39-19-21-8-6-5-7-9-21/h5-9,11-18,26-27H,3-4,10,19H2,1-2H3,(H2,31,36)(H,32,35)(H,33,38)(H,34,37)/t26-,27-/m0/s1. The first-order valence-electron chi connectivity index (χ1n) is 12.8. The minimum Gasteiger partial charge on any atom is -0.489 e. The van der Waals surface area contributed by atoms with E-state index in [0.29, 0.717) is 35.6 Å². The van der Waals surface area contributed by atoms with Gasteiger partial charge in [-0.3, -0.25) is 19.2 Å². The average Bonchev–Trinajstić information content (AvgIpc) is 2.93. The number of anilines is 1. The molecule has 0 saturated heterocycles. The first kappa shape index (κ1) is 28.9. The number of carbonyl (C=O) groups excluding carboxylic acids is 4. The van der Waals surface area contributed by atoms with Gasteiger partial charge in [-0.25, -0.2) is 0 Å². The van der Waals surface area contributed by atoms with Crippen molar-refractivity contribution in [1.82, 2.24) is 10.6 Å². The maximum Gasteiger partial charge on any atom is 0.251 e. The van der Waals surface area contributed by atoms with Crippen molar-refractivity contribution < 1.29 is 23.9 Å². The van der Waals surface area contributed by atoms with Crippen LogP contribution in [0.15, 0.2) is 78.9 Å². The predicted octanol–water partition coefficient (Wildman–Crippen LogP) is 3.86. The Labute approximate surface area is 228 Å². The van der Waals surface area contributed by atoms with Crippen LogP contribution in [0.5, 0.6) is 5.75 Å². The molecule has 2 atom stereocenters. The third-order valence-corrected chi connectivity index (χ3v) is 5.99. The van der Waals surface area contributed by atoms with Gasteiger partial charge in [0.2, 0.25) is 17.7 Å². The van der Waals surface area contributed by atoms with Crippen LogP contribution in [0.2, 0.25) is 0 Å². The van der Waals surface area contributed by atoms with Crippen LogP contribution in [-0.4, -0.2) is 29.7 Å². The number of nitrogens with one attached hydrogen (secondary N) is 3. The number of ether oxygens (including phenoxy) is 1. The molecule has 9 heteroatoms. The van der Waals surface area contributed by atoms with E-state index in [4.69, 9.17) is 10.5 Å². The lowest BCUT2D eigenvalue weighted by molar-refractivity contribution is -0.130. The van der Waals surface area contributed by atoms with E-state index in [1.54, 1.807) is 36.4 Å². The molecule has 0 fully saturated rings. The number of primary amides is 1. The molecule has 204 valence electrons. The van der Waals surface area contributed by atoms with Gasteiger partial charge < -0.3 is 26.4 Å². The van der Waals surface area contributed by atoms with Crippen molar-refractivity contribution in [2.75, 3.05) is 5.32 Å². The number of benzene rings is 3. The molecular weight excluding hydrogens is 496 g/mol. The Balaban J connectivity index is 1.80. The van der Waals surface area contributed by atoms with Gasteiger partial charge in [-0.05, 0) is 53.9 Å². The minimum absolute atomic E-state index is 0.304. The van der Waals surface area contributed by atoms with Crippen molar-refractivity contribution in [3.8, 4) is 5.75 Å². The van der Waals surface area contributed by atoms with Gasteiger partial charge in [0.25, 0.3) is 5.91 Å². The molecule has 0 aliphatic carbocycles. The highest BCUT2D eigenvalue weighted by atomic mass is 16.5. The SMILES string of the molecule is CCCC[C@H](NC(C)=O)C(=O)N[C@H](C(=O)Nc1ccc(C(N)=O)cc1)c1ccc(OCc2ccccc2)cc1. The monoisotopic (exact) mass is 530 g/mol. The van der Waals surface area contributed by atoms with Crippen molar-refractivity contribution in [3.05, 3.63) is 95.6 Å². The van der Waals surface area contributed by atoms with E-state index >= 15 is 0 Å². The van der Waals surface area contributed by atoms with Crippen LogP contribution in [0.4, 0.5) is 5.69 Å². The fraction of sp³-hybridized carbons (Fsp3) is 0.267. The minimum atomic E-state index is -1.06. The van der Waals surface area contributed by atoms with Crippen LogP contribution in [-0.2, 0) is 21.0 Å². The average molecular weight is 531 g/mol. The van der Waals surface area contributed by atoms with E-state index < -0.39 is 29.8 Å². The molecule has 4 amide bonds. The van der Waals surface area contributed by atoms with Crippen LogP contribution in [0.25, 0.3) is 0 Å². The smallest absolute Gasteiger partial charge is 0.251 e. The highest BCUT2D eigenvalue weighted by Crippen LogP contribution is 2.22. The molecule has 0 spiro atoms. The van der Waals surface area contributed by atoms with Crippen molar-refractivity contribution in [2.45, 2.75) is 51.8 Å². The third kappa shape index (κ3) is 8.99. The van der Waals surface area contributed by atoms with E-state index in [9.17, 15) is 19.2 Å². The lowest BCUT2D eigenvalue weighted by Gasteiger charge is -2.23. The van der Waals surface area contributed by atoms with Crippen LogP contribution in [0.3, 0.4) is 0 Å². The number of unbranched alkanes of at least 4 members (excludes halogenated alkanes) is 1. The number of carbonyl (C=O) groups is 4. The lowest BCUT2D eigenvalue weighted by Crippen LogP contribution is -2.49. The molecule has 0 aromatic heterocycles. The first-order chi connectivity index (χ1) is 18.8. The Morgan fingerprint density at radius 1 is 0.846 bits per heavy atom. The van der Waals surface area contributed by atoms with Gasteiger partial charge >= 0.3 is 0 Å². The zero-order valence-corrected chi connectivity index (χ0v) is 22.1. The van der Waals surface area contributed by atoms with E-state index in [-0.39, 0.29) is 5.91 Å². The molecule has 3 aromatic carbocycles. The number of rotatable bonds is 13.